The number of hydrogen-bond acceptors (Lipinski definition) is 5. The largest absolute Gasteiger partial charge is 0.476 e. The molecule has 1 aromatic rings. The molecule has 0 aliphatic carbocycles. The predicted octanol–water partition coefficient (Wildman–Crippen LogP) is 1.16. The second-order valence-electron chi connectivity index (χ2n) is 3.96. The molecule has 0 amide bonds. The summed E-state index contributed by atoms with van der Waals surface area (Å²) in [7, 11) is 0. The molecule has 0 radical (unpaired) electrons. The van der Waals surface area contributed by atoms with Gasteiger partial charge in [-0.25, -0.2) is 4.79 Å². The summed E-state index contributed by atoms with van der Waals surface area (Å²) in [6.45, 7) is 1.61. The molecule has 1 atom stereocenters. The van der Waals surface area contributed by atoms with Crippen LogP contribution >= 0.6 is 0 Å². The van der Waals surface area contributed by atoms with E-state index in [1.165, 1.54) is 6.07 Å². The fourth-order valence-electron chi connectivity index (χ4n) is 1.77. The van der Waals surface area contributed by atoms with Crippen LogP contribution in [0.1, 0.15) is 29.8 Å². The van der Waals surface area contributed by atoms with Crippen molar-refractivity contribution in [2.45, 2.75) is 25.4 Å². The van der Waals surface area contributed by atoms with E-state index in [4.69, 9.17) is 9.84 Å². The highest BCUT2D eigenvalue weighted by Crippen LogP contribution is 2.15. The second-order valence-corrected chi connectivity index (χ2v) is 3.96. The minimum Gasteiger partial charge on any atom is -0.476 e. The van der Waals surface area contributed by atoms with Gasteiger partial charge >= 0.3 is 5.97 Å². The van der Waals surface area contributed by atoms with Gasteiger partial charge in [-0.05, 0) is 31.4 Å². The summed E-state index contributed by atoms with van der Waals surface area (Å²) in [4.78, 5) is 10.6. The smallest absolute Gasteiger partial charge is 0.356 e. The lowest BCUT2D eigenvalue weighted by Crippen LogP contribution is -2.13. The van der Waals surface area contributed by atoms with E-state index >= 15 is 0 Å². The molecule has 17 heavy (non-hydrogen) atoms. The van der Waals surface area contributed by atoms with Gasteiger partial charge < -0.3 is 15.2 Å². The maximum absolute atomic E-state index is 10.6. The SMILES string of the molecule is O=C(O)c1ccc(NCCC2CCCO2)nn1. The quantitative estimate of drug-likeness (QED) is 0.799. The summed E-state index contributed by atoms with van der Waals surface area (Å²) < 4.78 is 5.49. The van der Waals surface area contributed by atoms with Crippen LogP contribution in [0, 0.1) is 0 Å². The standard InChI is InChI=1S/C11H15N3O3/c15-11(16)9-3-4-10(14-13-9)12-6-5-8-2-1-7-17-8/h3-4,8H,1-2,5-7H2,(H,12,14)(H,15,16). The highest BCUT2D eigenvalue weighted by Gasteiger charge is 2.14. The van der Waals surface area contributed by atoms with Crippen molar-refractivity contribution in [1.29, 1.82) is 0 Å². The van der Waals surface area contributed by atoms with Gasteiger partial charge in [-0.2, -0.15) is 0 Å². The maximum Gasteiger partial charge on any atom is 0.356 e. The van der Waals surface area contributed by atoms with Gasteiger partial charge in [0.2, 0.25) is 0 Å². The average Bonchev–Trinajstić information content (AvgIpc) is 2.83. The van der Waals surface area contributed by atoms with Crippen LogP contribution < -0.4 is 5.32 Å². The van der Waals surface area contributed by atoms with Crippen molar-refractivity contribution in [3.05, 3.63) is 17.8 Å². The van der Waals surface area contributed by atoms with Crippen molar-refractivity contribution in [1.82, 2.24) is 10.2 Å². The number of ether oxygens (including phenoxy) is 1. The van der Waals surface area contributed by atoms with Crippen molar-refractivity contribution >= 4 is 11.8 Å². The highest BCUT2D eigenvalue weighted by atomic mass is 16.5. The Balaban J connectivity index is 1.76. The summed E-state index contributed by atoms with van der Waals surface area (Å²) in [5.74, 6) is -0.476. The average molecular weight is 237 g/mol. The Morgan fingerprint density at radius 1 is 1.53 bits per heavy atom. The number of nitrogens with one attached hydrogen (secondary N) is 1. The topological polar surface area (TPSA) is 84.3 Å². The lowest BCUT2D eigenvalue weighted by Gasteiger charge is -2.09. The summed E-state index contributed by atoms with van der Waals surface area (Å²) in [6.07, 6.45) is 3.53. The zero-order valence-corrected chi connectivity index (χ0v) is 9.43. The number of carboxylic acid groups (broad SMARTS) is 1. The first-order valence-electron chi connectivity index (χ1n) is 5.68. The Hall–Kier alpha value is -1.69. The third kappa shape index (κ3) is 3.39. The predicted molar refractivity (Wildman–Crippen MR) is 61.1 cm³/mol. The van der Waals surface area contributed by atoms with Crippen LogP contribution in [0.25, 0.3) is 0 Å². The molecular weight excluding hydrogens is 222 g/mol. The number of nitrogens with zero attached hydrogens (tertiary/aromatic N) is 2. The number of rotatable bonds is 5. The van der Waals surface area contributed by atoms with E-state index in [1.807, 2.05) is 0 Å². The van der Waals surface area contributed by atoms with E-state index in [0.717, 1.165) is 32.4 Å². The zero-order valence-electron chi connectivity index (χ0n) is 9.43. The molecule has 1 unspecified atom stereocenters. The van der Waals surface area contributed by atoms with Crippen LogP contribution in [0.2, 0.25) is 0 Å². The van der Waals surface area contributed by atoms with Crippen LogP contribution in [0.15, 0.2) is 12.1 Å². The van der Waals surface area contributed by atoms with Gasteiger partial charge in [0.1, 0.15) is 5.82 Å². The minimum absolute atomic E-state index is 0.0466. The van der Waals surface area contributed by atoms with Crippen molar-refractivity contribution in [2.75, 3.05) is 18.5 Å². The number of aromatic nitrogens is 2. The Bertz CT molecular complexity index is 374. The van der Waals surface area contributed by atoms with Crippen molar-refractivity contribution in [3.63, 3.8) is 0 Å². The summed E-state index contributed by atoms with van der Waals surface area (Å²) in [5.41, 5.74) is -0.0466. The second kappa shape index (κ2) is 5.58. The zero-order chi connectivity index (χ0) is 12.1. The Morgan fingerprint density at radius 3 is 3.00 bits per heavy atom. The van der Waals surface area contributed by atoms with E-state index in [-0.39, 0.29) is 5.69 Å². The van der Waals surface area contributed by atoms with Crippen LogP contribution in [0.3, 0.4) is 0 Å². The monoisotopic (exact) mass is 237 g/mol. The molecule has 1 aliphatic heterocycles. The molecule has 92 valence electrons. The number of carboxylic acids is 1. The number of anilines is 1. The molecule has 1 aromatic heterocycles. The first-order valence-corrected chi connectivity index (χ1v) is 5.68. The number of hydrogen-bond donors (Lipinski definition) is 2. The molecule has 6 heteroatoms. The summed E-state index contributed by atoms with van der Waals surface area (Å²) >= 11 is 0. The van der Waals surface area contributed by atoms with Gasteiger partial charge in [0.05, 0.1) is 6.10 Å². The van der Waals surface area contributed by atoms with Crippen molar-refractivity contribution < 1.29 is 14.6 Å². The first kappa shape index (κ1) is 11.8. The fourth-order valence-corrected chi connectivity index (χ4v) is 1.77. The molecule has 1 saturated heterocycles. The molecule has 2 N–H and O–H groups in total. The van der Waals surface area contributed by atoms with Gasteiger partial charge in [-0.15, -0.1) is 10.2 Å². The molecule has 2 heterocycles. The molecular formula is C11H15N3O3. The lowest BCUT2D eigenvalue weighted by molar-refractivity contribution is 0.0689. The van der Waals surface area contributed by atoms with E-state index in [9.17, 15) is 4.79 Å². The van der Waals surface area contributed by atoms with Crippen LogP contribution in [-0.4, -0.2) is 40.5 Å². The molecule has 2 rings (SSSR count). The Kier molecular flexibility index (Phi) is 3.87. The number of carbonyl (C=O) groups is 1. The molecule has 0 spiro atoms. The van der Waals surface area contributed by atoms with E-state index in [1.54, 1.807) is 6.07 Å². The van der Waals surface area contributed by atoms with E-state index < -0.39 is 5.97 Å². The summed E-state index contributed by atoms with van der Waals surface area (Å²) in [6, 6.07) is 3.05. The van der Waals surface area contributed by atoms with Crippen LogP contribution in [0.5, 0.6) is 0 Å². The maximum atomic E-state index is 10.6. The fraction of sp³-hybridized carbons (Fsp3) is 0.545. The number of aromatic carboxylic acids is 1. The van der Waals surface area contributed by atoms with E-state index in [0.29, 0.717) is 11.9 Å². The van der Waals surface area contributed by atoms with Gasteiger partial charge in [-0.3, -0.25) is 0 Å². The van der Waals surface area contributed by atoms with Crippen LogP contribution in [-0.2, 0) is 4.74 Å². The summed E-state index contributed by atoms with van der Waals surface area (Å²) in [5, 5.41) is 19.1. The van der Waals surface area contributed by atoms with Gasteiger partial charge in [0.25, 0.3) is 0 Å². The van der Waals surface area contributed by atoms with Gasteiger partial charge in [-0.1, -0.05) is 0 Å². The van der Waals surface area contributed by atoms with Crippen LogP contribution in [0.4, 0.5) is 5.82 Å². The highest BCUT2D eigenvalue weighted by molar-refractivity contribution is 5.85. The molecule has 1 aliphatic rings. The molecule has 0 saturated carbocycles. The van der Waals surface area contributed by atoms with Gasteiger partial charge in [0, 0.05) is 13.2 Å². The minimum atomic E-state index is -1.07. The molecule has 0 bridgehead atoms. The molecule has 1 fully saturated rings. The third-order valence-electron chi connectivity index (χ3n) is 2.68. The Morgan fingerprint density at radius 2 is 2.41 bits per heavy atom. The molecule has 0 aromatic carbocycles. The van der Waals surface area contributed by atoms with Gasteiger partial charge in [0.15, 0.2) is 5.69 Å². The normalized spacial score (nSPS) is 19.2. The Labute approximate surface area is 99.0 Å². The lowest BCUT2D eigenvalue weighted by atomic mass is 10.2. The first-order chi connectivity index (χ1) is 8.25. The van der Waals surface area contributed by atoms with E-state index in [2.05, 4.69) is 15.5 Å². The molecule has 6 nitrogen and oxygen atoms in total. The van der Waals surface area contributed by atoms with Crippen molar-refractivity contribution in [2.24, 2.45) is 0 Å². The van der Waals surface area contributed by atoms with Crippen molar-refractivity contribution in [3.8, 4) is 0 Å². The third-order valence-corrected chi connectivity index (χ3v) is 2.68.